The van der Waals surface area contributed by atoms with Gasteiger partial charge in [0.15, 0.2) is 0 Å². The fraction of sp³-hybridized carbons (Fsp3) is 0.250. The maximum atomic E-state index is 6.10. The van der Waals surface area contributed by atoms with Crippen LogP contribution in [-0.2, 0) is 0 Å². The predicted octanol–water partition coefficient (Wildman–Crippen LogP) is 4.04. The zero-order valence-corrected chi connectivity index (χ0v) is 11.8. The average Bonchev–Trinajstić information content (AvgIpc) is 2.98. The quantitative estimate of drug-likeness (QED) is 0.499. The minimum atomic E-state index is 0.328. The molecule has 0 spiro atoms. The molecule has 0 bridgehead atoms. The number of benzene rings is 2. The van der Waals surface area contributed by atoms with Crippen LogP contribution in [-0.4, -0.2) is 23.1 Å². The molecule has 0 saturated carbocycles. The van der Waals surface area contributed by atoms with E-state index in [2.05, 4.69) is 45.2 Å². The highest BCUT2D eigenvalue weighted by Crippen LogP contribution is 2.31. The Labute approximate surface area is 122 Å². The lowest BCUT2D eigenvalue weighted by Gasteiger charge is -2.18. The van der Waals surface area contributed by atoms with Crippen molar-refractivity contribution in [1.29, 1.82) is 0 Å². The van der Waals surface area contributed by atoms with Crippen molar-refractivity contribution in [1.82, 2.24) is 9.97 Å². The van der Waals surface area contributed by atoms with Crippen molar-refractivity contribution in [3.05, 3.63) is 41.7 Å². The minimum Gasteiger partial charge on any atom is -0.356 e. The Bertz CT molecular complexity index is 794. The van der Waals surface area contributed by atoms with Gasteiger partial charge in [0.05, 0.1) is 5.52 Å². The average molecular weight is 284 g/mol. The number of hydrogen-bond acceptors (Lipinski definition) is 3. The molecule has 1 fully saturated rings. The summed E-state index contributed by atoms with van der Waals surface area (Å²) in [7, 11) is 0. The van der Waals surface area contributed by atoms with Crippen LogP contribution in [0.15, 0.2) is 36.4 Å². The molecule has 3 nitrogen and oxygen atoms in total. The molecule has 1 aliphatic rings. The van der Waals surface area contributed by atoms with E-state index in [1.165, 1.54) is 23.6 Å². The molecule has 0 atom stereocenters. The zero-order valence-electron chi connectivity index (χ0n) is 11.0. The number of aromatic nitrogens is 2. The van der Waals surface area contributed by atoms with Gasteiger partial charge >= 0.3 is 0 Å². The summed E-state index contributed by atoms with van der Waals surface area (Å²) in [5.74, 6) is 0.975. The molecule has 3 aromatic rings. The normalized spacial score (nSPS) is 15.3. The predicted molar refractivity (Wildman–Crippen MR) is 83.5 cm³/mol. The molecule has 0 aliphatic carbocycles. The van der Waals surface area contributed by atoms with Crippen LogP contribution < -0.4 is 4.90 Å². The molecular weight excluding hydrogens is 270 g/mol. The zero-order chi connectivity index (χ0) is 13.5. The van der Waals surface area contributed by atoms with Crippen molar-refractivity contribution < 1.29 is 0 Å². The highest BCUT2D eigenvalue weighted by molar-refractivity contribution is 6.29. The Kier molecular flexibility index (Phi) is 2.74. The lowest BCUT2D eigenvalue weighted by molar-refractivity contribution is 0.940. The van der Waals surface area contributed by atoms with Crippen molar-refractivity contribution in [2.45, 2.75) is 12.8 Å². The molecule has 1 saturated heterocycles. The first-order valence-corrected chi connectivity index (χ1v) is 7.30. The summed E-state index contributed by atoms with van der Waals surface area (Å²) in [6.45, 7) is 2.10. The molecule has 20 heavy (non-hydrogen) atoms. The summed E-state index contributed by atoms with van der Waals surface area (Å²) in [6.07, 6.45) is 2.44. The second-order valence-electron chi connectivity index (χ2n) is 5.23. The van der Waals surface area contributed by atoms with Gasteiger partial charge < -0.3 is 4.90 Å². The highest BCUT2D eigenvalue weighted by Gasteiger charge is 2.18. The maximum absolute atomic E-state index is 6.10. The van der Waals surface area contributed by atoms with Crippen molar-refractivity contribution in [2.24, 2.45) is 0 Å². The summed E-state index contributed by atoms with van der Waals surface area (Å²) >= 11 is 6.10. The monoisotopic (exact) mass is 283 g/mol. The van der Waals surface area contributed by atoms with Crippen LogP contribution in [0.25, 0.3) is 21.7 Å². The molecule has 1 aliphatic heterocycles. The highest BCUT2D eigenvalue weighted by atomic mass is 35.5. The number of anilines is 1. The molecule has 4 rings (SSSR count). The van der Waals surface area contributed by atoms with Gasteiger partial charge in [-0.2, -0.15) is 4.98 Å². The third-order valence-electron chi connectivity index (χ3n) is 3.92. The molecule has 1 aromatic heterocycles. The number of rotatable bonds is 1. The lowest BCUT2D eigenvalue weighted by atomic mass is 10.1. The Hall–Kier alpha value is -1.87. The first-order valence-electron chi connectivity index (χ1n) is 6.92. The fourth-order valence-corrected chi connectivity index (χ4v) is 3.11. The number of hydrogen-bond donors (Lipinski definition) is 0. The third kappa shape index (κ3) is 1.90. The van der Waals surface area contributed by atoms with Gasteiger partial charge in [-0.3, -0.25) is 0 Å². The van der Waals surface area contributed by atoms with Crippen LogP contribution in [0.2, 0.25) is 5.28 Å². The fourth-order valence-electron chi connectivity index (χ4n) is 2.94. The SMILES string of the molecule is Clc1nc(N2CCCC2)c2cc3ccccc3cc2n1. The Morgan fingerprint density at radius 3 is 2.40 bits per heavy atom. The van der Waals surface area contributed by atoms with Gasteiger partial charge in [-0.1, -0.05) is 24.3 Å². The smallest absolute Gasteiger partial charge is 0.224 e. The van der Waals surface area contributed by atoms with Crippen molar-refractivity contribution >= 4 is 39.1 Å². The van der Waals surface area contributed by atoms with Gasteiger partial charge in [-0.25, -0.2) is 4.98 Å². The maximum Gasteiger partial charge on any atom is 0.224 e. The second-order valence-corrected chi connectivity index (χ2v) is 5.56. The van der Waals surface area contributed by atoms with E-state index >= 15 is 0 Å². The van der Waals surface area contributed by atoms with E-state index in [4.69, 9.17) is 11.6 Å². The summed E-state index contributed by atoms with van der Waals surface area (Å²) in [5.41, 5.74) is 0.922. The molecule has 4 heteroatoms. The summed E-state index contributed by atoms with van der Waals surface area (Å²) in [5, 5.41) is 3.82. The second kappa shape index (κ2) is 4.60. The van der Waals surface area contributed by atoms with Crippen LogP contribution in [0.4, 0.5) is 5.82 Å². The molecule has 0 N–H and O–H groups in total. The van der Waals surface area contributed by atoms with Gasteiger partial charge in [0.2, 0.25) is 5.28 Å². The van der Waals surface area contributed by atoms with Crippen LogP contribution >= 0.6 is 11.6 Å². The van der Waals surface area contributed by atoms with E-state index in [-0.39, 0.29) is 0 Å². The van der Waals surface area contributed by atoms with E-state index in [9.17, 15) is 0 Å². The molecule has 2 heterocycles. The van der Waals surface area contributed by atoms with Gasteiger partial charge in [0.1, 0.15) is 5.82 Å². The topological polar surface area (TPSA) is 29.0 Å². The molecule has 0 unspecified atom stereocenters. The van der Waals surface area contributed by atoms with E-state index in [1.54, 1.807) is 0 Å². The van der Waals surface area contributed by atoms with Gasteiger partial charge in [-0.05, 0) is 47.3 Å². The third-order valence-corrected chi connectivity index (χ3v) is 4.09. The first kappa shape index (κ1) is 11.9. The molecule has 2 aromatic carbocycles. The Morgan fingerprint density at radius 1 is 0.950 bits per heavy atom. The van der Waals surface area contributed by atoms with Crippen LogP contribution in [0.3, 0.4) is 0 Å². The van der Waals surface area contributed by atoms with Gasteiger partial charge in [0.25, 0.3) is 0 Å². The van der Waals surface area contributed by atoms with Crippen LogP contribution in [0.1, 0.15) is 12.8 Å². The molecule has 100 valence electrons. The molecule has 0 radical (unpaired) electrons. The van der Waals surface area contributed by atoms with E-state index in [0.717, 1.165) is 29.8 Å². The van der Waals surface area contributed by atoms with Crippen LogP contribution in [0, 0.1) is 0 Å². The summed E-state index contributed by atoms with van der Waals surface area (Å²) < 4.78 is 0. The van der Waals surface area contributed by atoms with E-state index < -0.39 is 0 Å². The lowest BCUT2D eigenvalue weighted by Crippen LogP contribution is -2.19. The van der Waals surface area contributed by atoms with Crippen molar-refractivity contribution in [3.8, 4) is 0 Å². The summed E-state index contributed by atoms with van der Waals surface area (Å²) in [4.78, 5) is 11.2. The van der Waals surface area contributed by atoms with Crippen LogP contribution in [0.5, 0.6) is 0 Å². The number of nitrogens with zero attached hydrogens (tertiary/aromatic N) is 3. The minimum absolute atomic E-state index is 0.328. The van der Waals surface area contributed by atoms with Crippen molar-refractivity contribution in [3.63, 3.8) is 0 Å². The van der Waals surface area contributed by atoms with Crippen molar-refractivity contribution in [2.75, 3.05) is 18.0 Å². The van der Waals surface area contributed by atoms with Gasteiger partial charge in [-0.15, -0.1) is 0 Å². The largest absolute Gasteiger partial charge is 0.356 e. The standard InChI is InChI=1S/C16H14ClN3/c17-16-18-14-10-12-6-2-1-5-11(12)9-13(14)15(19-16)20-7-3-4-8-20/h1-2,5-6,9-10H,3-4,7-8H2. The Balaban J connectivity index is 2.03. The Morgan fingerprint density at radius 2 is 1.65 bits per heavy atom. The molecular formula is C16H14ClN3. The first-order chi connectivity index (χ1) is 9.81. The molecule has 0 amide bonds. The number of halogens is 1. The number of fused-ring (bicyclic) bond motifs is 2. The van der Waals surface area contributed by atoms with Gasteiger partial charge in [0, 0.05) is 18.5 Å². The van der Waals surface area contributed by atoms with E-state index in [1.807, 2.05) is 6.07 Å². The summed E-state index contributed by atoms with van der Waals surface area (Å²) in [6, 6.07) is 12.6. The van der Waals surface area contributed by atoms with E-state index in [0.29, 0.717) is 5.28 Å².